The van der Waals surface area contributed by atoms with Crippen LogP contribution in [0.5, 0.6) is 5.75 Å². The molecule has 0 aliphatic carbocycles. The molecule has 9 nitrogen and oxygen atoms in total. The summed E-state index contributed by atoms with van der Waals surface area (Å²) < 4.78 is 8.15. The number of piperazine rings is 1. The molecule has 33 heavy (non-hydrogen) atoms. The smallest absolute Gasteiger partial charge is 0.330 e. The van der Waals surface area contributed by atoms with Gasteiger partial charge in [0.05, 0.1) is 12.8 Å². The number of benzene rings is 1. The SMILES string of the molecule is COc1ccccc1N1CCN(C(=O)C2CCN(c3c(C)n(C)c(=O)n(C)c3=O)CC2)CC1. The average molecular weight is 456 g/mol. The molecule has 9 heteroatoms. The molecule has 0 N–H and O–H groups in total. The summed E-state index contributed by atoms with van der Waals surface area (Å²) >= 11 is 0. The predicted octanol–water partition coefficient (Wildman–Crippen LogP) is 0.966. The highest BCUT2D eigenvalue weighted by atomic mass is 16.5. The van der Waals surface area contributed by atoms with Gasteiger partial charge in [-0.3, -0.25) is 18.7 Å². The first-order valence-corrected chi connectivity index (χ1v) is 11.5. The molecule has 0 saturated carbocycles. The maximum atomic E-state index is 13.2. The summed E-state index contributed by atoms with van der Waals surface area (Å²) in [7, 11) is 4.87. The van der Waals surface area contributed by atoms with Crippen LogP contribution in [0.3, 0.4) is 0 Å². The van der Waals surface area contributed by atoms with Crippen LogP contribution in [0.1, 0.15) is 18.5 Å². The summed E-state index contributed by atoms with van der Waals surface area (Å²) in [5.74, 6) is 1.03. The van der Waals surface area contributed by atoms with Gasteiger partial charge >= 0.3 is 5.69 Å². The third-order valence-electron chi connectivity index (χ3n) is 7.10. The van der Waals surface area contributed by atoms with Crippen molar-refractivity contribution in [3.63, 3.8) is 0 Å². The molecule has 2 aliphatic rings. The molecule has 3 heterocycles. The maximum absolute atomic E-state index is 13.2. The number of carbonyl (C=O) groups is 1. The molecule has 1 amide bonds. The number of para-hydroxylation sites is 2. The van der Waals surface area contributed by atoms with Crippen LogP contribution >= 0.6 is 0 Å². The van der Waals surface area contributed by atoms with Crippen molar-refractivity contribution in [3.8, 4) is 5.75 Å². The van der Waals surface area contributed by atoms with Crippen LogP contribution in [0.4, 0.5) is 11.4 Å². The molecule has 1 aromatic heterocycles. The highest BCUT2D eigenvalue weighted by Gasteiger charge is 2.32. The highest BCUT2D eigenvalue weighted by Crippen LogP contribution is 2.29. The number of methoxy groups -OCH3 is 1. The van der Waals surface area contributed by atoms with E-state index in [1.807, 2.05) is 28.0 Å². The van der Waals surface area contributed by atoms with E-state index in [1.54, 1.807) is 21.1 Å². The molecule has 2 aliphatic heterocycles. The summed E-state index contributed by atoms with van der Waals surface area (Å²) in [4.78, 5) is 44.4. The average Bonchev–Trinajstić information content (AvgIpc) is 2.86. The van der Waals surface area contributed by atoms with Crippen molar-refractivity contribution in [2.75, 3.05) is 56.2 Å². The molecule has 0 radical (unpaired) electrons. The van der Waals surface area contributed by atoms with Crippen LogP contribution in [0.25, 0.3) is 0 Å². The molecular weight excluding hydrogens is 422 g/mol. The lowest BCUT2D eigenvalue weighted by molar-refractivity contribution is -0.136. The van der Waals surface area contributed by atoms with Gasteiger partial charge in [0.2, 0.25) is 5.91 Å². The molecule has 2 fully saturated rings. The van der Waals surface area contributed by atoms with Crippen LogP contribution in [-0.4, -0.2) is 66.3 Å². The number of amides is 1. The van der Waals surface area contributed by atoms with Crippen molar-refractivity contribution in [2.45, 2.75) is 19.8 Å². The third-order valence-corrected chi connectivity index (χ3v) is 7.10. The molecule has 2 aromatic rings. The van der Waals surface area contributed by atoms with Crippen LogP contribution in [0.2, 0.25) is 0 Å². The number of anilines is 2. The van der Waals surface area contributed by atoms with Gasteiger partial charge < -0.3 is 19.4 Å². The lowest BCUT2D eigenvalue weighted by atomic mass is 9.94. The fraction of sp³-hybridized carbons (Fsp3) is 0.542. The predicted molar refractivity (Wildman–Crippen MR) is 128 cm³/mol. The first kappa shape index (κ1) is 22.9. The topological polar surface area (TPSA) is 80.0 Å². The van der Waals surface area contributed by atoms with E-state index in [9.17, 15) is 14.4 Å². The van der Waals surface area contributed by atoms with E-state index in [1.165, 1.54) is 11.6 Å². The van der Waals surface area contributed by atoms with Gasteiger partial charge in [-0.2, -0.15) is 0 Å². The van der Waals surface area contributed by atoms with Crippen molar-refractivity contribution in [1.82, 2.24) is 14.0 Å². The standard InChI is InChI=1S/C24H33N5O4/c1-17-21(23(31)26(3)24(32)25(17)2)28-11-9-18(10-12-28)22(30)29-15-13-27(14-16-29)19-7-5-6-8-20(19)33-4/h5-8,18H,9-16H2,1-4H3. The summed E-state index contributed by atoms with van der Waals surface area (Å²) in [5.41, 5.74) is 1.71. The Kier molecular flexibility index (Phi) is 6.49. The Labute approximate surface area is 193 Å². The molecular formula is C24H33N5O4. The Hall–Kier alpha value is -3.23. The minimum absolute atomic E-state index is 0.0317. The quantitative estimate of drug-likeness (QED) is 0.684. The van der Waals surface area contributed by atoms with Crippen molar-refractivity contribution in [3.05, 3.63) is 50.8 Å². The second-order valence-corrected chi connectivity index (χ2v) is 8.89. The molecule has 2 saturated heterocycles. The number of rotatable bonds is 4. The molecule has 4 rings (SSSR count). The number of aromatic nitrogens is 2. The van der Waals surface area contributed by atoms with Crippen molar-refractivity contribution >= 4 is 17.3 Å². The minimum atomic E-state index is -0.321. The fourth-order valence-corrected chi connectivity index (χ4v) is 4.96. The number of ether oxygens (including phenoxy) is 1. The van der Waals surface area contributed by atoms with E-state index in [4.69, 9.17) is 4.74 Å². The van der Waals surface area contributed by atoms with Gasteiger partial charge in [0, 0.05) is 65.0 Å². The summed E-state index contributed by atoms with van der Waals surface area (Å²) in [6.45, 7) is 6.00. The van der Waals surface area contributed by atoms with Gasteiger partial charge in [0.25, 0.3) is 5.56 Å². The van der Waals surface area contributed by atoms with Crippen molar-refractivity contribution in [1.29, 1.82) is 0 Å². The first-order valence-electron chi connectivity index (χ1n) is 11.5. The highest BCUT2D eigenvalue weighted by molar-refractivity contribution is 5.79. The second kappa shape index (κ2) is 9.33. The molecule has 0 atom stereocenters. The second-order valence-electron chi connectivity index (χ2n) is 8.89. The minimum Gasteiger partial charge on any atom is -0.495 e. The number of piperidine rings is 1. The Bertz CT molecular complexity index is 1140. The van der Waals surface area contributed by atoms with Crippen LogP contribution < -0.4 is 25.8 Å². The Balaban J connectivity index is 1.37. The van der Waals surface area contributed by atoms with Gasteiger partial charge in [0.1, 0.15) is 11.4 Å². The van der Waals surface area contributed by atoms with Gasteiger partial charge in [0.15, 0.2) is 0 Å². The number of hydrogen-bond donors (Lipinski definition) is 0. The van der Waals surface area contributed by atoms with E-state index >= 15 is 0 Å². The summed E-state index contributed by atoms with van der Waals surface area (Å²) in [6, 6.07) is 7.97. The lowest BCUT2D eigenvalue weighted by Gasteiger charge is -2.40. The van der Waals surface area contributed by atoms with Crippen molar-refractivity contribution < 1.29 is 9.53 Å². The fourth-order valence-electron chi connectivity index (χ4n) is 4.96. The Morgan fingerprint density at radius 1 is 0.909 bits per heavy atom. The van der Waals surface area contributed by atoms with Crippen molar-refractivity contribution in [2.24, 2.45) is 20.0 Å². The number of hydrogen-bond acceptors (Lipinski definition) is 6. The zero-order valence-electron chi connectivity index (χ0n) is 19.9. The monoisotopic (exact) mass is 455 g/mol. The van der Waals surface area contributed by atoms with Crippen LogP contribution in [-0.2, 0) is 18.9 Å². The van der Waals surface area contributed by atoms with Crippen LogP contribution in [0, 0.1) is 12.8 Å². The van der Waals surface area contributed by atoms with Crippen LogP contribution in [0.15, 0.2) is 33.9 Å². The largest absolute Gasteiger partial charge is 0.495 e. The van der Waals surface area contributed by atoms with Gasteiger partial charge in [-0.1, -0.05) is 12.1 Å². The molecule has 0 bridgehead atoms. The summed E-state index contributed by atoms with van der Waals surface area (Å²) in [6.07, 6.45) is 1.41. The van der Waals surface area contributed by atoms with E-state index in [-0.39, 0.29) is 23.1 Å². The maximum Gasteiger partial charge on any atom is 0.330 e. The molecule has 1 aromatic carbocycles. The molecule has 0 unspecified atom stereocenters. The van der Waals surface area contributed by atoms with E-state index in [2.05, 4.69) is 11.0 Å². The molecule has 178 valence electrons. The van der Waals surface area contributed by atoms with Gasteiger partial charge in [-0.05, 0) is 31.9 Å². The van der Waals surface area contributed by atoms with E-state index in [0.29, 0.717) is 50.4 Å². The zero-order valence-corrected chi connectivity index (χ0v) is 19.9. The lowest BCUT2D eigenvalue weighted by Crippen LogP contribution is -2.52. The zero-order chi connectivity index (χ0) is 23.7. The Morgan fingerprint density at radius 2 is 1.55 bits per heavy atom. The number of nitrogens with zero attached hydrogens (tertiary/aromatic N) is 5. The Morgan fingerprint density at radius 3 is 2.18 bits per heavy atom. The summed E-state index contributed by atoms with van der Waals surface area (Å²) in [5, 5.41) is 0. The van der Waals surface area contributed by atoms with Gasteiger partial charge in [-0.15, -0.1) is 0 Å². The van der Waals surface area contributed by atoms with Gasteiger partial charge in [-0.25, -0.2) is 4.79 Å². The van der Waals surface area contributed by atoms with E-state index < -0.39 is 0 Å². The first-order chi connectivity index (χ1) is 15.8. The molecule has 0 spiro atoms. The number of carbonyl (C=O) groups excluding carboxylic acids is 1. The van der Waals surface area contributed by atoms with E-state index in [0.717, 1.165) is 29.1 Å². The third kappa shape index (κ3) is 4.24. The normalized spacial score (nSPS) is 17.4.